The summed E-state index contributed by atoms with van der Waals surface area (Å²) in [4.78, 5) is -0.140. The second kappa shape index (κ2) is 11.5. The quantitative estimate of drug-likeness (QED) is 0.267. The first-order valence-corrected chi connectivity index (χ1v) is 12.6. The van der Waals surface area contributed by atoms with Gasteiger partial charge in [-0.25, -0.2) is 0 Å². The van der Waals surface area contributed by atoms with E-state index >= 15 is 0 Å². The smallest absolute Gasteiger partial charge is 0.294 e. The molecule has 2 aromatic rings. The lowest BCUT2D eigenvalue weighted by Crippen LogP contribution is -2.18. The summed E-state index contributed by atoms with van der Waals surface area (Å²) in [6, 6.07) is 12.7. The Hall–Kier alpha value is -1.82. The van der Waals surface area contributed by atoms with Crippen molar-refractivity contribution in [2.75, 3.05) is 13.1 Å². The molecule has 0 aliphatic heterocycles. The fourth-order valence-corrected chi connectivity index (χ4v) is 4.55. The fraction of sp³-hybridized carbons (Fsp3) is 0.400. The zero-order valence-corrected chi connectivity index (χ0v) is 18.3. The highest BCUT2D eigenvalue weighted by Crippen LogP contribution is 2.15. The van der Waals surface area contributed by atoms with Gasteiger partial charge in [0.25, 0.3) is 20.2 Å². The van der Waals surface area contributed by atoms with Crippen LogP contribution in [0.25, 0.3) is 0 Å². The molecule has 0 saturated heterocycles. The van der Waals surface area contributed by atoms with E-state index in [4.69, 9.17) is 0 Å². The van der Waals surface area contributed by atoms with Crippen molar-refractivity contribution in [2.45, 2.75) is 48.6 Å². The first kappa shape index (κ1) is 24.4. The summed E-state index contributed by atoms with van der Waals surface area (Å²) in [5.74, 6) is 0. The summed E-state index contributed by atoms with van der Waals surface area (Å²) in [6.45, 7) is 2.19. The highest BCUT2D eigenvalue weighted by molar-refractivity contribution is 7.86. The summed E-state index contributed by atoms with van der Waals surface area (Å²) in [7, 11) is -8.44. The summed E-state index contributed by atoms with van der Waals surface area (Å²) < 4.78 is 63.9. The molecule has 2 aromatic carbocycles. The molecule has 4 N–H and O–H groups in total. The number of hydrogen-bond acceptors (Lipinski definition) is 6. The molecule has 2 rings (SSSR count). The average molecular weight is 457 g/mol. The summed E-state index contributed by atoms with van der Waals surface area (Å²) >= 11 is 0. The molecule has 0 saturated carbocycles. The molecular weight excluding hydrogens is 428 g/mol. The Kier molecular flexibility index (Phi) is 9.40. The van der Waals surface area contributed by atoms with Gasteiger partial charge in [0.15, 0.2) is 0 Å². The van der Waals surface area contributed by atoms with Gasteiger partial charge in [-0.2, -0.15) is 16.8 Å². The van der Waals surface area contributed by atoms with Gasteiger partial charge < -0.3 is 10.6 Å². The van der Waals surface area contributed by atoms with Crippen LogP contribution in [0.2, 0.25) is 0 Å². The van der Waals surface area contributed by atoms with E-state index in [1.54, 1.807) is 36.4 Å². The highest BCUT2D eigenvalue weighted by Gasteiger charge is 2.14. The van der Waals surface area contributed by atoms with E-state index in [1.165, 1.54) is 12.1 Å². The minimum atomic E-state index is -4.22. The van der Waals surface area contributed by atoms with Crippen molar-refractivity contribution in [2.24, 2.45) is 0 Å². The van der Waals surface area contributed by atoms with Crippen LogP contribution in [-0.4, -0.2) is 39.0 Å². The van der Waals surface area contributed by atoms with Crippen LogP contribution in [0.15, 0.2) is 58.3 Å². The van der Waals surface area contributed by atoms with Crippen molar-refractivity contribution < 1.29 is 25.9 Å². The summed E-state index contributed by atoms with van der Waals surface area (Å²) in [6.07, 6.45) is 3.85. The predicted octanol–water partition coefficient (Wildman–Crippen LogP) is 2.62. The van der Waals surface area contributed by atoms with Gasteiger partial charge >= 0.3 is 0 Å². The van der Waals surface area contributed by atoms with E-state index in [0.29, 0.717) is 24.2 Å². The Morgan fingerprint density at radius 1 is 0.600 bits per heavy atom. The second-order valence-electron chi connectivity index (χ2n) is 6.93. The van der Waals surface area contributed by atoms with Gasteiger partial charge in [0.2, 0.25) is 0 Å². The molecule has 0 amide bonds. The molecule has 0 unspecified atom stereocenters. The van der Waals surface area contributed by atoms with Crippen molar-refractivity contribution >= 4 is 20.2 Å². The van der Waals surface area contributed by atoms with Crippen molar-refractivity contribution in [1.29, 1.82) is 0 Å². The third-order valence-corrected chi connectivity index (χ3v) is 6.50. The normalized spacial score (nSPS) is 12.2. The molecule has 0 aliphatic rings. The Balaban J connectivity index is 1.59. The van der Waals surface area contributed by atoms with Crippen molar-refractivity contribution in [3.8, 4) is 0 Å². The van der Waals surface area contributed by atoms with E-state index in [9.17, 15) is 25.9 Å². The van der Waals surface area contributed by atoms with Gasteiger partial charge in [-0.3, -0.25) is 9.11 Å². The first-order chi connectivity index (χ1) is 14.2. The van der Waals surface area contributed by atoms with E-state index in [1.807, 2.05) is 0 Å². The predicted molar refractivity (Wildman–Crippen MR) is 114 cm³/mol. The maximum atomic E-state index is 11.4. The van der Waals surface area contributed by atoms with Crippen LogP contribution in [0.5, 0.6) is 0 Å². The molecule has 8 nitrogen and oxygen atoms in total. The molecule has 30 heavy (non-hydrogen) atoms. The number of hydrogen-bond donors (Lipinski definition) is 4. The Morgan fingerprint density at radius 2 is 0.967 bits per heavy atom. The van der Waals surface area contributed by atoms with E-state index in [-0.39, 0.29) is 9.79 Å². The first-order valence-electron chi connectivity index (χ1n) is 9.72. The zero-order chi connectivity index (χ0) is 22.0. The molecule has 0 heterocycles. The van der Waals surface area contributed by atoms with E-state index < -0.39 is 20.2 Å². The zero-order valence-electron chi connectivity index (χ0n) is 16.6. The lowest BCUT2D eigenvalue weighted by molar-refractivity contribution is 0.478. The van der Waals surface area contributed by atoms with Crippen LogP contribution in [0.4, 0.5) is 0 Å². The molecule has 0 aromatic heterocycles. The van der Waals surface area contributed by atoms with Crippen molar-refractivity contribution in [3.63, 3.8) is 0 Å². The van der Waals surface area contributed by atoms with Crippen molar-refractivity contribution in [3.05, 3.63) is 59.7 Å². The Morgan fingerprint density at radius 3 is 1.33 bits per heavy atom. The van der Waals surface area contributed by atoms with Gasteiger partial charge in [0.1, 0.15) is 0 Å². The molecule has 166 valence electrons. The summed E-state index contributed by atoms with van der Waals surface area (Å²) in [5, 5.41) is 6.37. The molecule has 0 fully saturated rings. The largest absolute Gasteiger partial charge is 0.313 e. The SMILES string of the molecule is O=S(=O)(O)c1ccccc1CNCCCCCCNCc1ccccc1S(=O)(=O)O. The van der Waals surface area contributed by atoms with Crippen LogP contribution in [-0.2, 0) is 33.3 Å². The highest BCUT2D eigenvalue weighted by atomic mass is 32.2. The van der Waals surface area contributed by atoms with Crippen LogP contribution in [0.1, 0.15) is 36.8 Å². The minimum absolute atomic E-state index is 0.0702. The number of unbranched alkanes of at least 4 members (excludes halogenated alkanes) is 3. The second-order valence-corrected chi connectivity index (χ2v) is 9.71. The average Bonchev–Trinajstić information content (AvgIpc) is 2.68. The number of benzene rings is 2. The van der Waals surface area contributed by atoms with Gasteiger partial charge in [0, 0.05) is 13.1 Å². The maximum Gasteiger partial charge on any atom is 0.294 e. The van der Waals surface area contributed by atoms with Crippen molar-refractivity contribution in [1.82, 2.24) is 10.6 Å². The lowest BCUT2D eigenvalue weighted by atomic mass is 10.1. The van der Waals surface area contributed by atoms with Crippen LogP contribution in [0.3, 0.4) is 0 Å². The Bertz CT molecular complexity index is 940. The molecule has 0 bridgehead atoms. The van der Waals surface area contributed by atoms with Crippen LogP contribution >= 0.6 is 0 Å². The number of rotatable bonds is 13. The number of nitrogens with one attached hydrogen (secondary N) is 2. The van der Waals surface area contributed by atoms with E-state index in [2.05, 4.69) is 10.6 Å². The molecule has 0 atom stereocenters. The molecule has 0 aliphatic carbocycles. The van der Waals surface area contributed by atoms with Crippen LogP contribution < -0.4 is 10.6 Å². The third-order valence-electron chi connectivity index (χ3n) is 4.59. The molecule has 0 spiro atoms. The Labute approximate surface area is 178 Å². The summed E-state index contributed by atoms with van der Waals surface area (Å²) in [5.41, 5.74) is 1.07. The third kappa shape index (κ3) is 8.13. The minimum Gasteiger partial charge on any atom is -0.313 e. The molecule has 0 radical (unpaired) electrons. The van der Waals surface area contributed by atoms with E-state index in [0.717, 1.165) is 38.8 Å². The standard InChI is InChI=1S/C20H28N2O6S2/c23-29(24,25)19-11-5-3-9-17(19)15-21-13-7-1-2-8-14-22-16-18-10-4-6-12-20(18)30(26,27)28/h3-6,9-12,21-22H,1-2,7-8,13-16H2,(H,23,24,25)(H,26,27,28). The maximum absolute atomic E-state index is 11.4. The topological polar surface area (TPSA) is 133 Å². The monoisotopic (exact) mass is 456 g/mol. The lowest BCUT2D eigenvalue weighted by Gasteiger charge is -2.09. The van der Waals surface area contributed by atoms with Gasteiger partial charge in [-0.05, 0) is 49.2 Å². The van der Waals surface area contributed by atoms with Crippen LogP contribution in [0, 0.1) is 0 Å². The van der Waals surface area contributed by atoms with Gasteiger partial charge in [0.05, 0.1) is 9.79 Å². The fourth-order valence-electron chi connectivity index (χ4n) is 3.10. The van der Waals surface area contributed by atoms with Gasteiger partial charge in [-0.15, -0.1) is 0 Å². The molecule has 10 heteroatoms. The van der Waals surface area contributed by atoms with Gasteiger partial charge in [-0.1, -0.05) is 49.2 Å². The molecular formula is C20H28N2O6S2.